The van der Waals surface area contributed by atoms with Gasteiger partial charge in [0.1, 0.15) is 25.4 Å². The van der Waals surface area contributed by atoms with Crippen molar-refractivity contribution in [2.24, 2.45) is 0 Å². The van der Waals surface area contributed by atoms with Gasteiger partial charge >= 0.3 is 33.6 Å². The number of carbonyl (C=O) groups excluding carboxylic acids is 3. The Bertz CT molecular complexity index is 2550. The highest BCUT2D eigenvalue weighted by Gasteiger charge is 2.29. The van der Waals surface area contributed by atoms with E-state index in [-0.39, 0.29) is 19.3 Å². The van der Waals surface area contributed by atoms with Crippen LogP contribution in [0.25, 0.3) is 0 Å². The lowest BCUT2D eigenvalue weighted by atomic mass is 10.0. The van der Waals surface area contributed by atoms with Crippen molar-refractivity contribution >= 4 is 33.6 Å². The van der Waals surface area contributed by atoms with Crippen LogP contribution in [0.4, 0.5) is 0 Å². The Labute approximate surface area is 624 Å². The van der Waals surface area contributed by atoms with E-state index in [1.165, 1.54) is 57.8 Å². The zero-order chi connectivity index (χ0) is 75.2. The Balaban J connectivity index is 4.62. The largest absolute Gasteiger partial charge is 0.472 e. The molecule has 0 aliphatic carbocycles. The molecule has 103 heavy (non-hydrogen) atoms. The molecule has 5 unspecified atom stereocenters. The molecule has 0 heterocycles. The molecule has 0 bridgehead atoms. The lowest BCUT2D eigenvalue weighted by molar-refractivity contribution is -0.161. The molecule has 0 aromatic rings. The quantitative estimate of drug-likeness (QED) is 0.0146. The van der Waals surface area contributed by atoms with Crippen molar-refractivity contribution in [1.29, 1.82) is 0 Å². The van der Waals surface area contributed by atoms with Crippen LogP contribution in [0.5, 0.6) is 0 Å². The second-order valence-corrected chi connectivity index (χ2v) is 28.6. The zero-order valence-corrected chi connectivity index (χ0v) is 65.7. The first-order chi connectivity index (χ1) is 50.2. The van der Waals surface area contributed by atoms with Gasteiger partial charge in [0.25, 0.3) is 0 Å². The summed E-state index contributed by atoms with van der Waals surface area (Å²) in [6, 6.07) is 0. The third-order valence-corrected chi connectivity index (χ3v) is 17.8. The average Bonchev–Trinajstić information content (AvgIpc) is 0.918. The normalized spacial score (nSPS) is 14.9. The Hall–Kier alpha value is -5.09. The van der Waals surface area contributed by atoms with E-state index in [4.69, 9.17) is 32.3 Å². The second kappa shape index (κ2) is 76.6. The molecule has 0 fully saturated rings. The number of hydrogen-bond acceptors (Lipinski definition) is 14. The summed E-state index contributed by atoms with van der Waals surface area (Å²) in [4.78, 5) is 58.7. The topological polar surface area (TPSA) is 231 Å². The maximum absolute atomic E-state index is 13.0. The Morgan fingerprint density at radius 1 is 0.272 bits per heavy atom. The number of aliphatic hydroxyl groups is 2. The smallest absolute Gasteiger partial charge is 0.463 e. The molecule has 16 nitrogen and oxygen atoms in total. The van der Waals surface area contributed by atoms with E-state index in [0.29, 0.717) is 19.3 Å². The number of phosphoric ester groups is 2. The van der Waals surface area contributed by atoms with Crippen molar-refractivity contribution in [3.05, 3.63) is 170 Å². The van der Waals surface area contributed by atoms with E-state index in [1.54, 1.807) is 0 Å². The summed E-state index contributed by atoms with van der Waals surface area (Å²) in [7, 11) is -9.82. The summed E-state index contributed by atoms with van der Waals surface area (Å²) in [6.07, 6.45) is 96.8. The van der Waals surface area contributed by atoms with Crippen molar-refractivity contribution < 1.29 is 75.8 Å². The average molecular weight is 1480 g/mol. The number of carbonyl (C=O) groups is 3. The molecule has 0 saturated heterocycles. The first kappa shape index (κ1) is 97.9. The van der Waals surface area contributed by atoms with E-state index in [0.717, 1.165) is 173 Å². The highest BCUT2D eigenvalue weighted by atomic mass is 31.2. The molecule has 18 heteroatoms. The molecule has 586 valence electrons. The van der Waals surface area contributed by atoms with Crippen LogP contribution in [-0.2, 0) is 55.8 Å². The summed E-state index contributed by atoms with van der Waals surface area (Å²) in [5, 5.41) is 20.6. The van der Waals surface area contributed by atoms with Gasteiger partial charge in [0.05, 0.1) is 26.4 Å². The van der Waals surface area contributed by atoms with Gasteiger partial charge in [0.2, 0.25) is 0 Å². The van der Waals surface area contributed by atoms with Gasteiger partial charge in [-0.2, -0.15) is 0 Å². The van der Waals surface area contributed by atoms with E-state index < -0.39 is 91.5 Å². The van der Waals surface area contributed by atoms with Crippen LogP contribution < -0.4 is 0 Å². The molecular formula is C85H140O16P2. The fraction of sp³-hybridized carbons (Fsp3) is 0.635. The van der Waals surface area contributed by atoms with Gasteiger partial charge in [-0.05, 0) is 148 Å². The highest BCUT2D eigenvalue weighted by molar-refractivity contribution is 7.47. The molecule has 5 atom stereocenters. The first-order valence-electron chi connectivity index (χ1n) is 39.4. The van der Waals surface area contributed by atoms with E-state index in [1.807, 2.05) is 0 Å². The van der Waals surface area contributed by atoms with Crippen molar-refractivity contribution in [1.82, 2.24) is 0 Å². The standard InChI is InChI=1S/C85H140O16P2/c1-4-7-10-13-16-19-22-25-28-31-34-35-36-37-38-39-40-41-42-43-46-48-50-53-56-59-62-65-68-71-83(88)95-74-80(86)75-97-102(91,92)98-76-81(87)77-99-103(93,94)100-79-82(101-85(90)73-70-67-64-61-58-55-52-49-45-33-30-27-24-21-18-15-12-9-6-3)78-96-84(89)72-69-66-63-60-57-54-51-47-44-32-29-26-23-20-17-14-11-8-5-2/h7-12,16-21,25-30,34-35,37-38,44-45,47,49,54,57,80-82,86-87H,4-6,13-15,22-24,31-33,36,39-43,46,48,50-53,55-56,58-79H2,1-3H3,(H,91,92)(H,93,94)/b10-7-,11-8-,12-9-,19-16-,20-17-,21-18-,28-25-,29-26-,30-27-,35-34-,38-37-,47-44-,49-45-,57-54-. The predicted octanol–water partition coefficient (Wildman–Crippen LogP) is 23.2. The van der Waals surface area contributed by atoms with Crippen LogP contribution in [0.2, 0.25) is 0 Å². The minimum atomic E-state index is -4.95. The summed E-state index contributed by atoms with van der Waals surface area (Å²) >= 11 is 0. The molecule has 0 radical (unpaired) electrons. The SMILES string of the molecule is CC/C=C\C/C=C\C/C=C\C/C=C\C/C=C\CCCCCCCCCCCCCCCC(=O)OCC(O)COP(=O)(O)OCC(O)COP(=O)(O)OCC(COC(=O)CCCCC/C=C\C/C=C\C/C=C\C/C=C\C/C=C\CC)OC(=O)CCCCCCCC/C=C\C/C=C\C/C=C\C/C=C\CC. The Kier molecular flexibility index (Phi) is 72.8. The molecule has 0 aromatic heterocycles. The van der Waals surface area contributed by atoms with Gasteiger partial charge in [-0.25, -0.2) is 9.13 Å². The van der Waals surface area contributed by atoms with Crippen molar-refractivity contribution in [2.75, 3.05) is 39.6 Å². The highest BCUT2D eigenvalue weighted by Crippen LogP contribution is 2.45. The number of aliphatic hydroxyl groups excluding tert-OH is 2. The first-order valence-corrected chi connectivity index (χ1v) is 42.4. The number of ether oxygens (including phenoxy) is 3. The van der Waals surface area contributed by atoms with E-state index in [2.05, 4.69) is 191 Å². The number of hydrogen-bond donors (Lipinski definition) is 4. The fourth-order valence-corrected chi connectivity index (χ4v) is 11.6. The molecule has 0 saturated carbocycles. The second-order valence-electron chi connectivity index (χ2n) is 25.7. The molecule has 0 spiro atoms. The molecule has 0 aliphatic rings. The van der Waals surface area contributed by atoms with Crippen LogP contribution in [-0.4, -0.2) is 95.9 Å². The number of esters is 3. The van der Waals surface area contributed by atoms with E-state index >= 15 is 0 Å². The summed E-state index contributed by atoms with van der Waals surface area (Å²) in [5.74, 6) is -1.64. The third-order valence-electron chi connectivity index (χ3n) is 15.9. The van der Waals surface area contributed by atoms with Gasteiger partial charge in [-0.3, -0.25) is 32.5 Å². The molecule has 0 aliphatic heterocycles. The summed E-state index contributed by atoms with van der Waals surface area (Å²) in [5.41, 5.74) is 0. The summed E-state index contributed by atoms with van der Waals surface area (Å²) < 4.78 is 61.1. The number of unbranched alkanes of at least 4 members (excludes halogenated alkanes) is 22. The van der Waals surface area contributed by atoms with Crippen molar-refractivity contribution in [2.45, 2.75) is 309 Å². The zero-order valence-electron chi connectivity index (χ0n) is 63.9. The van der Waals surface area contributed by atoms with Crippen LogP contribution in [0.15, 0.2) is 170 Å². The Morgan fingerprint density at radius 2 is 0.485 bits per heavy atom. The van der Waals surface area contributed by atoms with Gasteiger partial charge in [-0.1, -0.05) is 294 Å². The summed E-state index contributed by atoms with van der Waals surface area (Å²) in [6.45, 7) is 2.28. The van der Waals surface area contributed by atoms with Crippen LogP contribution in [0.1, 0.15) is 290 Å². The molecule has 0 amide bonds. The minimum Gasteiger partial charge on any atom is -0.463 e. The van der Waals surface area contributed by atoms with E-state index in [9.17, 15) is 43.5 Å². The maximum Gasteiger partial charge on any atom is 0.472 e. The molecule has 0 aromatic carbocycles. The number of allylic oxidation sites excluding steroid dienone is 28. The fourth-order valence-electron chi connectivity index (χ4n) is 10.0. The maximum atomic E-state index is 13.0. The van der Waals surface area contributed by atoms with Crippen LogP contribution >= 0.6 is 15.6 Å². The van der Waals surface area contributed by atoms with Crippen LogP contribution in [0.3, 0.4) is 0 Å². The lowest BCUT2D eigenvalue weighted by Gasteiger charge is -2.21. The van der Waals surface area contributed by atoms with Gasteiger partial charge in [0, 0.05) is 19.3 Å². The predicted molar refractivity (Wildman–Crippen MR) is 426 cm³/mol. The van der Waals surface area contributed by atoms with Crippen LogP contribution in [0, 0.1) is 0 Å². The number of phosphoric acid groups is 2. The van der Waals surface area contributed by atoms with Gasteiger partial charge in [-0.15, -0.1) is 0 Å². The lowest BCUT2D eigenvalue weighted by Crippen LogP contribution is -2.30. The minimum absolute atomic E-state index is 0.0748. The van der Waals surface area contributed by atoms with Gasteiger partial charge in [0.15, 0.2) is 6.10 Å². The Morgan fingerprint density at radius 3 is 0.777 bits per heavy atom. The molecular weight excluding hydrogens is 1340 g/mol. The number of rotatable bonds is 73. The third kappa shape index (κ3) is 77.8. The van der Waals surface area contributed by atoms with Crippen molar-refractivity contribution in [3.63, 3.8) is 0 Å². The molecule has 4 N–H and O–H groups in total. The van der Waals surface area contributed by atoms with Gasteiger partial charge < -0.3 is 34.2 Å². The molecule has 0 rings (SSSR count). The van der Waals surface area contributed by atoms with Crippen molar-refractivity contribution in [3.8, 4) is 0 Å². The monoisotopic (exact) mass is 1480 g/mol.